The zero-order chi connectivity index (χ0) is 14.1. The van der Waals surface area contributed by atoms with Crippen molar-refractivity contribution in [2.45, 2.75) is 0 Å². The summed E-state index contributed by atoms with van der Waals surface area (Å²) in [6.07, 6.45) is 0.704. The van der Waals surface area contributed by atoms with Crippen molar-refractivity contribution in [3.63, 3.8) is 0 Å². The van der Waals surface area contributed by atoms with Crippen molar-refractivity contribution >= 4 is 33.1 Å². The smallest absolute Gasteiger partial charge is 0.305 e. The van der Waals surface area contributed by atoms with E-state index in [0.29, 0.717) is 23.1 Å². The number of hydrogen-bond donors (Lipinski definition) is 1. The molecule has 0 fully saturated rings. The molecule has 2 aromatic carbocycles. The molecule has 0 atom stereocenters. The number of rotatable bonds is 2. The Morgan fingerprint density at radius 3 is 2.55 bits per heavy atom. The molecule has 98 valence electrons. The minimum Gasteiger partial charge on any atom is -0.305 e. The lowest BCUT2D eigenvalue weighted by Crippen LogP contribution is -2.12. The van der Waals surface area contributed by atoms with Gasteiger partial charge in [0.05, 0.1) is 11.2 Å². The standard InChI is InChI=1S/C15H9BrN2O2/c16-11-7-6-10(8-19)14-12(11)13(17-15(20)18-14)9-4-2-1-3-5-9/h1-8H,(H,17,18,20). The van der Waals surface area contributed by atoms with E-state index in [2.05, 4.69) is 25.9 Å². The van der Waals surface area contributed by atoms with Crippen LogP contribution in [0.5, 0.6) is 0 Å². The van der Waals surface area contributed by atoms with Crippen LogP contribution in [0.2, 0.25) is 0 Å². The normalized spacial score (nSPS) is 10.7. The number of aromatic amines is 1. The van der Waals surface area contributed by atoms with E-state index in [1.807, 2.05) is 30.3 Å². The molecular formula is C15H9BrN2O2. The summed E-state index contributed by atoms with van der Waals surface area (Å²) in [6, 6.07) is 12.9. The predicted octanol–water partition coefficient (Wildman–Crippen LogP) is 3.17. The molecular weight excluding hydrogens is 320 g/mol. The summed E-state index contributed by atoms with van der Waals surface area (Å²) in [4.78, 5) is 29.5. The highest BCUT2D eigenvalue weighted by Gasteiger charge is 2.13. The second-order valence-corrected chi connectivity index (χ2v) is 5.12. The zero-order valence-electron chi connectivity index (χ0n) is 10.3. The molecule has 1 N–H and O–H groups in total. The number of nitrogens with zero attached hydrogens (tertiary/aromatic N) is 1. The van der Waals surface area contributed by atoms with Crippen LogP contribution in [0.1, 0.15) is 10.4 Å². The third-order valence-electron chi connectivity index (χ3n) is 3.04. The largest absolute Gasteiger partial charge is 0.346 e. The lowest BCUT2D eigenvalue weighted by atomic mass is 10.0. The van der Waals surface area contributed by atoms with E-state index in [1.54, 1.807) is 12.1 Å². The Bertz CT molecular complexity index is 857. The molecule has 0 spiro atoms. The Morgan fingerprint density at radius 1 is 1.10 bits per heavy atom. The molecule has 0 saturated heterocycles. The molecule has 0 aliphatic carbocycles. The molecule has 0 saturated carbocycles. The minimum absolute atomic E-state index is 0.395. The van der Waals surface area contributed by atoms with E-state index in [1.165, 1.54) is 0 Å². The quantitative estimate of drug-likeness (QED) is 0.735. The minimum atomic E-state index is -0.474. The SMILES string of the molecule is O=Cc1ccc(Br)c2c(-c3ccccc3)[nH]c(=O)nc12. The molecule has 4 nitrogen and oxygen atoms in total. The predicted molar refractivity (Wildman–Crippen MR) is 80.9 cm³/mol. The summed E-state index contributed by atoms with van der Waals surface area (Å²) in [7, 11) is 0. The van der Waals surface area contributed by atoms with Gasteiger partial charge in [0.15, 0.2) is 6.29 Å². The summed E-state index contributed by atoms with van der Waals surface area (Å²) in [5.74, 6) is 0. The van der Waals surface area contributed by atoms with E-state index in [4.69, 9.17) is 0 Å². The number of carbonyl (C=O) groups is 1. The number of carbonyl (C=O) groups excluding carboxylic acids is 1. The van der Waals surface area contributed by atoms with Gasteiger partial charge in [0.1, 0.15) is 0 Å². The number of aromatic nitrogens is 2. The van der Waals surface area contributed by atoms with E-state index < -0.39 is 5.69 Å². The first-order valence-corrected chi connectivity index (χ1v) is 6.73. The van der Waals surface area contributed by atoms with Gasteiger partial charge in [0.2, 0.25) is 0 Å². The molecule has 3 aromatic rings. The van der Waals surface area contributed by atoms with Gasteiger partial charge in [-0.1, -0.05) is 46.3 Å². The van der Waals surface area contributed by atoms with Crippen LogP contribution in [0.15, 0.2) is 51.7 Å². The van der Waals surface area contributed by atoms with E-state index in [9.17, 15) is 9.59 Å². The molecule has 1 heterocycles. The van der Waals surface area contributed by atoms with Gasteiger partial charge in [-0.25, -0.2) is 4.79 Å². The summed E-state index contributed by atoms with van der Waals surface area (Å²) in [6.45, 7) is 0. The average molecular weight is 329 g/mol. The van der Waals surface area contributed by atoms with Crippen molar-refractivity contribution in [3.05, 3.63) is 63.0 Å². The number of benzene rings is 2. The first-order chi connectivity index (χ1) is 9.70. The fraction of sp³-hybridized carbons (Fsp3) is 0. The molecule has 0 bridgehead atoms. The summed E-state index contributed by atoms with van der Waals surface area (Å²) in [5, 5.41) is 0.723. The van der Waals surface area contributed by atoms with Crippen LogP contribution in [0, 0.1) is 0 Å². The van der Waals surface area contributed by atoms with Crippen molar-refractivity contribution in [2.24, 2.45) is 0 Å². The highest BCUT2D eigenvalue weighted by Crippen LogP contribution is 2.31. The Balaban J connectivity index is 2.50. The van der Waals surface area contributed by atoms with E-state index in [0.717, 1.165) is 15.4 Å². The van der Waals surface area contributed by atoms with Crippen LogP contribution in [0.25, 0.3) is 22.2 Å². The highest BCUT2D eigenvalue weighted by atomic mass is 79.9. The molecule has 20 heavy (non-hydrogen) atoms. The van der Waals surface area contributed by atoms with Crippen LogP contribution in [0.4, 0.5) is 0 Å². The van der Waals surface area contributed by atoms with Crippen LogP contribution >= 0.6 is 15.9 Å². The van der Waals surface area contributed by atoms with Crippen molar-refractivity contribution in [1.82, 2.24) is 9.97 Å². The summed E-state index contributed by atoms with van der Waals surface area (Å²) in [5.41, 5.74) is 1.83. The molecule has 0 aliphatic rings. The fourth-order valence-corrected chi connectivity index (χ4v) is 2.67. The van der Waals surface area contributed by atoms with Crippen LogP contribution in [-0.2, 0) is 0 Å². The van der Waals surface area contributed by atoms with E-state index >= 15 is 0 Å². The summed E-state index contributed by atoms with van der Waals surface area (Å²) >= 11 is 3.45. The molecule has 5 heteroatoms. The first kappa shape index (κ1) is 12.7. The Kier molecular flexibility index (Phi) is 3.20. The van der Waals surface area contributed by atoms with Gasteiger partial charge in [0.25, 0.3) is 0 Å². The molecule has 0 aliphatic heterocycles. The number of halogens is 1. The number of fused-ring (bicyclic) bond motifs is 1. The molecule has 0 unspecified atom stereocenters. The molecule has 1 aromatic heterocycles. The molecule has 0 amide bonds. The van der Waals surface area contributed by atoms with Crippen LogP contribution < -0.4 is 5.69 Å². The second-order valence-electron chi connectivity index (χ2n) is 4.26. The Morgan fingerprint density at radius 2 is 1.85 bits per heavy atom. The third-order valence-corrected chi connectivity index (χ3v) is 3.70. The fourth-order valence-electron chi connectivity index (χ4n) is 2.16. The maximum atomic E-state index is 11.8. The van der Waals surface area contributed by atoms with E-state index in [-0.39, 0.29) is 0 Å². The number of hydrogen-bond acceptors (Lipinski definition) is 3. The molecule has 0 radical (unpaired) electrons. The number of nitrogens with one attached hydrogen (secondary N) is 1. The van der Waals surface area contributed by atoms with Crippen molar-refractivity contribution in [3.8, 4) is 11.3 Å². The van der Waals surface area contributed by atoms with Gasteiger partial charge in [-0.05, 0) is 17.7 Å². The van der Waals surface area contributed by atoms with Crippen molar-refractivity contribution < 1.29 is 4.79 Å². The lowest BCUT2D eigenvalue weighted by molar-refractivity contribution is 0.112. The Labute approximate surface area is 122 Å². The first-order valence-electron chi connectivity index (χ1n) is 5.94. The Hall–Kier alpha value is -2.27. The lowest BCUT2D eigenvalue weighted by Gasteiger charge is -2.09. The van der Waals surface area contributed by atoms with Gasteiger partial charge >= 0.3 is 5.69 Å². The van der Waals surface area contributed by atoms with Crippen LogP contribution in [-0.4, -0.2) is 16.3 Å². The van der Waals surface area contributed by atoms with Crippen molar-refractivity contribution in [1.29, 1.82) is 0 Å². The topological polar surface area (TPSA) is 62.8 Å². The van der Waals surface area contributed by atoms with Gasteiger partial charge in [-0.2, -0.15) is 4.98 Å². The highest BCUT2D eigenvalue weighted by molar-refractivity contribution is 9.10. The zero-order valence-corrected chi connectivity index (χ0v) is 11.8. The third kappa shape index (κ3) is 2.06. The maximum absolute atomic E-state index is 11.8. The van der Waals surface area contributed by atoms with Crippen molar-refractivity contribution in [2.75, 3.05) is 0 Å². The van der Waals surface area contributed by atoms with Gasteiger partial charge in [-0.3, -0.25) is 4.79 Å². The average Bonchev–Trinajstić information content (AvgIpc) is 2.47. The van der Waals surface area contributed by atoms with Gasteiger partial charge in [0, 0.05) is 15.4 Å². The van der Waals surface area contributed by atoms with Gasteiger partial charge in [-0.15, -0.1) is 0 Å². The number of aldehydes is 1. The number of H-pyrrole nitrogens is 1. The summed E-state index contributed by atoms with van der Waals surface area (Å²) < 4.78 is 0.778. The monoisotopic (exact) mass is 328 g/mol. The molecule has 3 rings (SSSR count). The van der Waals surface area contributed by atoms with Gasteiger partial charge < -0.3 is 4.98 Å². The maximum Gasteiger partial charge on any atom is 0.346 e. The van der Waals surface area contributed by atoms with Crippen LogP contribution in [0.3, 0.4) is 0 Å². The second kappa shape index (κ2) is 5.02.